The molecule has 2 aliphatic rings. The van der Waals surface area contributed by atoms with E-state index in [1.54, 1.807) is 7.11 Å². The summed E-state index contributed by atoms with van der Waals surface area (Å²) in [5, 5.41) is 0. The van der Waals surface area contributed by atoms with Gasteiger partial charge in [-0.3, -0.25) is 4.79 Å². The number of Topliss-reactive ketones (excluding diaryl/α,β-unsaturated/α-hetero) is 1. The standard InChI is InChI=1S/C11H16O2/c1-7-8-5-4-6-11(2,9(7)12)10(8)13-3/h8,10H,1,4-6H2,2-3H3. The molecular formula is C11H16O2. The molecule has 3 unspecified atom stereocenters. The number of methoxy groups -OCH3 is 1. The molecule has 0 aliphatic heterocycles. The fourth-order valence-electron chi connectivity index (χ4n) is 2.99. The van der Waals surface area contributed by atoms with E-state index in [4.69, 9.17) is 4.74 Å². The summed E-state index contributed by atoms with van der Waals surface area (Å²) < 4.78 is 5.44. The average Bonchev–Trinajstić information content (AvgIpc) is 2.22. The van der Waals surface area contributed by atoms with Gasteiger partial charge in [0, 0.05) is 13.0 Å². The average molecular weight is 180 g/mol. The van der Waals surface area contributed by atoms with Crippen molar-refractivity contribution in [3.63, 3.8) is 0 Å². The highest BCUT2D eigenvalue weighted by Crippen LogP contribution is 2.52. The largest absolute Gasteiger partial charge is 0.380 e. The lowest BCUT2D eigenvalue weighted by Crippen LogP contribution is -2.39. The Labute approximate surface area is 79.0 Å². The minimum Gasteiger partial charge on any atom is -0.380 e. The number of carbonyl (C=O) groups is 1. The molecule has 0 heterocycles. The number of hydrogen-bond donors (Lipinski definition) is 0. The predicted octanol–water partition coefficient (Wildman–Crippen LogP) is 1.95. The van der Waals surface area contributed by atoms with Crippen LogP contribution in [-0.2, 0) is 9.53 Å². The van der Waals surface area contributed by atoms with Crippen LogP contribution in [0.2, 0.25) is 0 Å². The number of ether oxygens (including phenoxy) is 1. The Morgan fingerprint density at radius 1 is 1.62 bits per heavy atom. The molecule has 3 atom stereocenters. The molecule has 2 fully saturated rings. The third kappa shape index (κ3) is 0.953. The minimum atomic E-state index is -0.269. The quantitative estimate of drug-likeness (QED) is 0.576. The Morgan fingerprint density at radius 2 is 2.31 bits per heavy atom. The van der Waals surface area contributed by atoms with Gasteiger partial charge >= 0.3 is 0 Å². The van der Waals surface area contributed by atoms with Crippen LogP contribution in [0.25, 0.3) is 0 Å². The summed E-state index contributed by atoms with van der Waals surface area (Å²) in [4.78, 5) is 11.9. The molecule has 2 nitrogen and oxygen atoms in total. The van der Waals surface area contributed by atoms with Crippen LogP contribution in [0.1, 0.15) is 26.2 Å². The third-order valence-electron chi connectivity index (χ3n) is 3.72. The molecule has 0 N–H and O–H groups in total. The van der Waals surface area contributed by atoms with Gasteiger partial charge in [0.25, 0.3) is 0 Å². The molecule has 0 saturated heterocycles. The first-order valence-corrected chi connectivity index (χ1v) is 4.87. The van der Waals surface area contributed by atoms with Crippen LogP contribution in [0.5, 0.6) is 0 Å². The molecule has 2 saturated carbocycles. The van der Waals surface area contributed by atoms with Crippen molar-refractivity contribution in [1.82, 2.24) is 0 Å². The minimum absolute atomic E-state index is 0.0845. The van der Waals surface area contributed by atoms with Gasteiger partial charge in [-0.05, 0) is 25.3 Å². The highest BCUT2D eigenvalue weighted by Gasteiger charge is 2.56. The van der Waals surface area contributed by atoms with E-state index in [1.165, 1.54) is 0 Å². The molecule has 2 heteroatoms. The van der Waals surface area contributed by atoms with Gasteiger partial charge in [-0.2, -0.15) is 0 Å². The number of fused-ring (bicyclic) bond motifs is 2. The lowest BCUT2D eigenvalue weighted by atomic mass is 9.74. The number of rotatable bonds is 1. The molecule has 0 radical (unpaired) electrons. The maximum Gasteiger partial charge on any atom is 0.167 e. The van der Waals surface area contributed by atoms with Gasteiger partial charge in [0.1, 0.15) is 0 Å². The Balaban J connectivity index is 2.43. The predicted molar refractivity (Wildman–Crippen MR) is 50.4 cm³/mol. The summed E-state index contributed by atoms with van der Waals surface area (Å²) in [6.07, 6.45) is 3.24. The van der Waals surface area contributed by atoms with E-state index in [0.29, 0.717) is 0 Å². The van der Waals surface area contributed by atoms with Crippen LogP contribution in [0, 0.1) is 11.3 Å². The van der Waals surface area contributed by atoms with Crippen molar-refractivity contribution < 1.29 is 9.53 Å². The smallest absolute Gasteiger partial charge is 0.167 e. The fourth-order valence-corrected chi connectivity index (χ4v) is 2.99. The SMILES string of the molecule is C=C1C(=O)C2(C)CCCC1C2OC. The second-order valence-electron chi connectivity index (χ2n) is 4.43. The molecule has 2 aliphatic carbocycles. The molecule has 72 valence electrons. The van der Waals surface area contributed by atoms with E-state index in [-0.39, 0.29) is 23.2 Å². The second-order valence-corrected chi connectivity index (χ2v) is 4.43. The van der Waals surface area contributed by atoms with Gasteiger partial charge in [0.15, 0.2) is 5.78 Å². The van der Waals surface area contributed by atoms with Crippen molar-refractivity contribution in [2.75, 3.05) is 7.11 Å². The van der Waals surface area contributed by atoms with Gasteiger partial charge in [0.2, 0.25) is 0 Å². The van der Waals surface area contributed by atoms with Crippen LogP contribution in [0.4, 0.5) is 0 Å². The zero-order chi connectivity index (χ0) is 9.64. The maximum absolute atomic E-state index is 11.9. The van der Waals surface area contributed by atoms with Crippen LogP contribution < -0.4 is 0 Å². The van der Waals surface area contributed by atoms with E-state index in [1.807, 2.05) is 6.92 Å². The van der Waals surface area contributed by atoms with Crippen LogP contribution in [-0.4, -0.2) is 19.0 Å². The Morgan fingerprint density at radius 3 is 2.77 bits per heavy atom. The van der Waals surface area contributed by atoms with Crippen LogP contribution in [0.15, 0.2) is 12.2 Å². The number of hydrogen-bond acceptors (Lipinski definition) is 2. The van der Waals surface area contributed by atoms with Crippen LogP contribution >= 0.6 is 0 Å². The zero-order valence-electron chi connectivity index (χ0n) is 8.30. The second kappa shape index (κ2) is 2.68. The summed E-state index contributed by atoms with van der Waals surface area (Å²) in [5.41, 5.74) is 0.529. The molecular weight excluding hydrogens is 164 g/mol. The van der Waals surface area contributed by atoms with Crippen molar-refractivity contribution in [3.05, 3.63) is 12.2 Å². The van der Waals surface area contributed by atoms with Crippen LogP contribution in [0.3, 0.4) is 0 Å². The molecule has 0 aromatic heterocycles. The fraction of sp³-hybridized carbons (Fsp3) is 0.727. The number of ketones is 1. The lowest BCUT2D eigenvalue weighted by molar-refractivity contribution is -0.129. The molecule has 0 aromatic rings. The van der Waals surface area contributed by atoms with Crippen molar-refractivity contribution in [2.45, 2.75) is 32.3 Å². The molecule has 0 aromatic carbocycles. The zero-order valence-corrected chi connectivity index (χ0v) is 8.30. The van der Waals surface area contributed by atoms with E-state index >= 15 is 0 Å². The van der Waals surface area contributed by atoms with Crippen molar-refractivity contribution in [1.29, 1.82) is 0 Å². The van der Waals surface area contributed by atoms with Crippen molar-refractivity contribution in [2.24, 2.45) is 11.3 Å². The first-order valence-electron chi connectivity index (χ1n) is 4.87. The summed E-state index contributed by atoms with van der Waals surface area (Å²) in [5.74, 6) is 0.526. The highest BCUT2D eigenvalue weighted by atomic mass is 16.5. The Hall–Kier alpha value is -0.630. The van der Waals surface area contributed by atoms with E-state index < -0.39 is 0 Å². The summed E-state index contributed by atoms with van der Waals surface area (Å²) in [6, 6.07) is 0. The molecule has 2 bridgehead atoms. The van der Waals surface area contributed by atoms with Gasteiger partial charge in [-0.1, -0.05) is 13.0 Å². The third-order valence-corrected chi connectivity index (χ3v) is 3.72. The van der Waals surface area contributed by atoms with E-state index in [9.17, 15) is 4.79 Å². The maximum atomic E-state index is 11.9. The topological polar surface area (TPSA) is 26.3 Å². The first kappa shape index (κ1) is 8.95. The Bertz CT molecular complexity index is 269. The summed E-state index contributed by atoms with van der Waals surface area (Å²) in [7, 11) is 1.70. The normalized spacial score (nSPS) is 44.2. The molecule has 2 rings (SSSR count). The van der Waals surface area contributed by atoms with E-state index in [2.05, 4.69) is 6.58 Å². The summed E-state index contributed by atoms with van der Waals surface area (Å²) in [6.45, 7) is 5.91. The first-order chi connectivity index (χ1) is 6.11. The van der Waals surface area contributed by atoms with Crippen molar-refractivity contribution >= 4 is 5.78 Å². The summed E-state index contributed by atoms with van der Waals surface area (Å²) >= 11 is 0. The van der Waals surface area contributed by atoms with Crippen molar-refractivity contribution in [3.8, 4) is 0 Å². The Kier molecular flexibility index (Phi) is 1.84. The molecule has 0 amide bonds. The van der Waals surface area contributed by atoms with E-state index in [0.717, 1.165) is 24.8 Å². The van der Waals surface area contributed by atoms with Gasteiger partial charge in [-0.25, -0.2) is 0 Å². The van der Waals surface area contributed by atoms with Gasteiger partial charge in [-0.15, -0.1) is 0 Å². The lowest BCUT2D eigenvalue weighted by Gasteiger charge is -2.35. The highest BCUT2D eigenvalue weighted by molar-refractivity contribution is 6.03. The monoisotopic (exact) mass is 180 g/mol. The number of carbonyl (C=O) groups excluding carboxylic acids is 1. The van der Waals surface area contributed by atoms with Gasteiger partial charge in [0.05, 0.1) is 11.5 Å². The van der Waals surface area contributed by atoms with Gasteiger partial charge < -0.3 is 4.74 Å². The molecule has 13 heavy (non-hydrogen) atoms. The molecule has 0 spiro atoms.